The van der Waals surface area contributed by atoms with Gasteiger partial charge in [-0.05, 0) is 17.5 Å². The van der Waals surface area contributed by atoms with Crippen molar-refractivity contribution >= 4 is 0 Å². The summed E-state index contributed by atoms with van der Waals surface area (Å²) in [6.07, 6.45) is 3.44. The molecule has 2 aromatic rings. The lowest BCUT2D eigenvalue weighted by molar-refractivity contribution is 0.139. The molecule has 0 radical (unpaired) electrons. The third kappa shape index (κ3) is 4.55. The van der Waals surface area contributed by atoms with E-state index in [0.29, 0.717) is 6.42 Å². The van der Waals surface area contributed by atoms with Crippen molar-refractivity contribution in [1.82, 2.24) is 0 Å². The van der Waals surface area contributed by atoms with E-state index in [0.717, 1.165) is 11.1 Å². The van der Waals surface area contributed by atoms with Crippen molar-refractivity contribution < 1.29 is 10.2 Å². The first-order chi connectivity index (χ1) is 10.2. The zero-order valence-electron chi connectivity index (χ0n) is 12.3. The predicted molar refractivity (Wildman–Crippen MR) is 85.7 cm³/mol. The second-order valence-corrected chi connectivity index (χ2v) is 5.30. The van der Waals surface area contributed by atoms with Crippen LogP contribution in [0.25, 0.3) is 0 Å². The molecular weight excluding hydrogens is 260 g/mol. The molecule has 2 nitrogen and oxygen atoms in total. The monoisotopic (exact) mass is 282 g/mol. The normalized spacial score (nSPS) is 15.8. The Balaban J connectivity index is 1.89. The van der Waals surface area contributed by atoms with Crippen LogP contribution in [0, 0.1) is 5.92 Å². The molecule has 2 rings (SSSR count). The topological polar surface area (TPSA) is 40.5 Å². The van der Waals surface area contributed by atoms with E-state index >= 15 is 0 Å². The molecular formula is C19H22O2. The summed E-state index contributed by atoms with van der Waals surface area (Å²) < 4.78 is 0. The Bertz CT molecular complexity index is 548. The van der Waals surface area contributed by atoms with Crippen LogP contribution in [-0.2, 0) is 0 Å². The van der Waals surface area contributed by atoms with Crippen LogP contribution in [0.3, 0.4) is 0 Å². The zero-order valence-corrected chi connectivity index (χ0v) is 12.3. The van der Waals surface area contributed by atoms with Gasteiger partial charge < -0.3 is 10.2 Å². The molecule has 0 heterocycles. The van der Waals surface area contributed by atoms with Crippen molar-refractivity contribution in [2.75, 3.05) is 0 Å². The van der Waals surface area contributed by atoms with Gasteiger partial charge in [0, 0.05) is 5.92 Å². The molecule has 2 heteroatoms. The minimum Gasteiger partial charge on any atom is -0.388 e. The number of hydrogen-bond acceptors (Lipinski definition) is 2. The van der Waals surface area contributed by atoms with E-state index in [2.05, 4.69) is 0 Å². The predicted octanol–water partition coefficient (Wildman–Crippen LogP) is 4.04. The van der Waals surface area contributed by atoms with Crippen LogP contribution in [0.5, 0.6) is 0 Å². The third-order valence-electron chi connectivity index (χ3n) is 3.62. The first kappa shape index (κ1) is 15.5. The van der Waals surface area contributed by atoms with Crippen LogP contribution in [0.1, 0.15) is 36.7 Å². The van der Waals surface area contributed by atoms with Gasteiger partial charge in [-0.25, -0.2) is 0 Å². The third-order valence-corrected chi connectivity index (χ3v) is 3.62. The van der Waals surface area contributed by atoms with Gasteiger partial charge >= 0.3 is 0 Å². The van der Waals surface area contributed by atoms with E-state index in [1.807, 2.05) is 79.7 Å². The molecule has 3 atom stereocenters. The Kier molecular flexibility index (Phi) is 5.73. The highest BCUT2D eigenvalue weighted by Crippen LogP contribution is 2.23. The van der Waals surface area contributed by atoms with Gasteiger partial charge in [-0.2, -0.15) is 0 Å². The van der Waals surface area contributed by atoms with E-state index in [1.165, 1.54) is 0 Å². The van der Waals surface area contributed by atoms with Crippen LogP contribution in [0.15, 0.2) is 72.8 Å². The Morgan fingerprint density at radius 1 is 0.857 bits per heavy atom. The van der Waals surface area contributed by atoms with Crippen LogP contribution in [0.2, 0.25) is 0 Å². The van der Waals surface area contributed by atoms with Crippen molar-refractivity contribution in [2.24, 2.45) is 5.92 Å². The standard InChI is InChI=1S/C19H22O2/c1-15(19(21)17-12-6-3-7-13-17)9-8-14-18(20)16-10-4-2-5-11-16/h2-13,15,18-21H,14H2,1H3/b9-8+. The van der Waals surface area contributed by atoms with Crippen molar-refractivity contribution in [3.63, 3.8) is 0 Å². The van der Waals surface area contributed by atoms with Crippen molar-refractivity contribution in [1.29, 1.82) is 0 Å². The fourth-order valence-corrected chi connectivity index (χ4v) is 2.29. The number of aliphatic hydroxyl groups excluding tert-OH is 2. The molecule has 0 aliphatic carbocycles. The van der Waals surface area contributed by atoms with Crippen LogP contribution < -0.4 is 0 Å². The quantitative estimate of drug-likeness (QED) is 0.785. The Hall–Kier alpha value is -1.90. The Labute approximate surface area is 126 Å². The number of rotatable bonds is 6. The average Bonchev–Trinajstić information content (AvgIpc) is 2.55. The molecule has 0 fully saturated rings. The Morgan fingerprint density at radius 3 is 1.95 bits per heavy atom. The van der Waals surface area contributed by atoms with Gasteiger partial charge in [0.25, 0.3) is 0 Å². The van der Waals surface area contributed by atoms with Gasteiger partial charge in [0.05, 0.1) is 12.2 Å². The lowest BCUT2D eigenvalue weighted by Gasteiger charge is -2.16. The fraction of sp³-hybridized carbons (Fsp3) is 0.263. The van der Waals surface area contributed by atoms with E-state index < -0.39 is 12.2 Å². The maximum atomic E-state index is 10.3. The van der Waals surface area contributed by atoms with E-state index in [4.69, 9.17) is 0 Å². The summed E-state index contributed by atoms with van der Waals surface area (Å²) in [5.74, 6) is 0.00960. The summed E-state index contributed by atoms with van der Waals surface area (Å²) in [5, 5.41) is 20.3. The summed E-state index contributed by atoms with van der Waals surface area (Å²) in [6, 6.07) is 19.2. The molecule has 0 amide bonds. The lowest BCUT2D eigenvalue weighted by atomic mass is 9.96. The summed E-state index contributed by atoms with van der Waals surface area (Å²) in [4.78, 5) is 0. The summed E-state index contributed by atoms with van der Waals surface area (Å²) in [7, 11) is 0. The Morgan fingerprint density at radius 2 is 1.38 bits per heavy atom. The van der Waals surface area contributed by atoms with E-state index in [9.17, 15) is 10.2 Å². The van der Waals surface area contributed by atoms with Gasteiger partial charge in [-0.1, -0.05) is 79.7 Å². The summed E-state index contributed by atoms with van der Waals surface area (Å²) in [5.41, 5.74) is 1.83. The SMILES string of the molecule is CC(/C=C/CC(O)c1ccccc1)C(O)c1ccccc1. The van der Waals surface area contributed by atoms with Crippen molar-refractivity contribution in [3.05, 3.63) is 83.9 Å². The van der Waals surface area contributed by atoms with Gasteiger partial charge in [0.1, 0.15) is 0 Å². The second kappa shape index (κ2) is 7.77. The molecule has 0 aromatic heterocycles. The maximum absolute atomic E-state index is 10.3. The highest BCUT2D eigenvalue weighted by Gasteiger charge is 2.13. The van der Waals surface area contributed by atoms with Gasteiger partial charge in [0.15, 0.2) is 0 Å². The highest BCUT2D eigenvalue weighted by atomic mass is 16.3. The zero-order chi connectivity index (χ0) is 15.1. The maximum Gasteiger partial charge on any atom is 0.0849 e. The molecule has 21 heavy (non-hydrogen) atoms. The minimum absolute atomic E-state index is 0.00960. The van der Waals surface area contributed by atoms with Crippen LogP contribution in [0.4, 0.5) is 0 Å². The molecule has 2 N–H and O–H groups in total. The van der Waals surface area contributed by atoms with Gasteiger partial charge in [-0.15, -0.1) is 0 Å². The molecule has 2 aromatic carbocycles. The lowest BCUT2D eigenvalue weighted by Crippen LogP contribution is -2.06. The van der Waals surface area contributed by atoms with Crippen LogP contribution in [-0.4, -0.2) is 10.2 Å². The van der Waals surface area contributed by atoms with Crippen molar-refractivity contribution in [2.45, 2.75) is 25.6 Å². The first-order valence-electron chi connectivity index (χ1n) is 7.31. The average molecular weight is 282 g/mol. The molecule has 0 bridgehead atoms. The van der Waals surface area contributed by atoms with Gasteiger partial charge in [-0.3, -0.25) is 0 Å². The first-order valence-corrected chi connectivity index (χ1v) is 7.31. The summed E-state index contributed by atoms with van der Waals surface area (Å²) >= 11 is 0. The molecule has 0 aliphatic heterocycles. The molecule has 3 unspecified atom stereocenters. The van der Waals surface area contributed by atoms with Crippen LogP contribution >= 0.6 is 0 Å². The minimum atomic E-state index is -0.517. The molecule has 0 spiro atoms. The van der Waals surface area contributed by atoms with Crippen molar-refractivity contribution in [3.8, 4) is 0 Å². The smallest absolute Gasteiger partial charge is 0.0849 e. The fourth-order valence-electron chi connectivity index (χ4n) is 2.29. The number of benzene rings is 2. The molecule has 0 saturated carbocycles. The largest absolute Gasteiger partial charge is 0.388 e. The molecule has 0 saturated heterocycles. The molecule has 110 valence electrons. The van der Waals surface area contributed by atoms with E-state index in [-0.39, 0.29) is 5.92 Å². The highest BCUT2D eigenvalue weighted by molar-refractivity contribution is 5.20. The van der Waals surface area contributed by atoms with Gasteiger partial charge in [0.2, 0.25) is 0 Å². The number of hydrogen-bond donors (Lipinski definition) is 2. The molecule has 0 aliphatic rings. The summed E-state index contributed by atoms with van der Waals surface area (Å²) in [6.45, 7) is 1.98. The number of aliphatic hydroxyl groups is 2. The van der Waals surface area contributed by atoms with E-state index in [1.54, 1.807) is 0 Å². The second-order valence-electron chi connectivity index (χ2n) is 5.30.